The minimum Gasteiger partial charge on any atom is -0.207 e. The van der Waals surface area contributed by atoms with Gasteiger partial charge in [-0.2, -0.15) is 0 Å². The lowest BCUT2D eigenvalue weighted by atomic mass is 10.2. The lowest BCUT2D eigenvalue weighted by Gasteiger charge is -1.98. The van der Waals surface area contributed by atoms with E-state index in [0.29, 0.717) is 0 Å². The first-order valence-corrected chi connectivity index (χ1v) is 6.30. The molecule has 0 aliphatic carbocycles. The van der Waals surface area contributed by atoms with Gasteiger partial charge in [-0.3, -0.25) is 0 Å². The molecule has 3 heteroatoms. The third-order valence-corrected chi connectivity index (χ3v) is 3.73. The first-order chi connectivity index (χ1) is 5.83. The van der Waals surface area contributed by atoms with Crippen molar-refractivity contribution in [3.8, 4) is 0 Å². The van der Waals surface area contributed by atoms with Gasteiger partial charge in [-0.1, -0.05) is 40.6 Å². The SMILES string of the molecule is CCSSCc1cccc(F)c1. The van der Waals surface area contributed by atoms with Crippen LogP contribution in [-0.4, -0.2) is 5.75 Å². The number of benzene rings is 1. The minimum atomic E-state index is -0.144. The van der Waals surface area contributed by atoms with Gasteiger partial charge >= 0.3 is 0 Å². The molecule has 1 rings (SSSR count). The maximum absolute atomic E-state index is 12.7. The summed E-state index contributed by atoms with van der Waals surface area (Å²) in [6.45, 7) is 2.11. The van der Waals surface area contributed by atoms with E-state index in [0.717, 1.165) is 17.1 Å². The van der Waals surface area contributed by atoms with Gasteiger partial charge in [0.1, 0.15) is 5.82 Å². The summed E-state index contributed by atoms with van der Waals surface area (Å²) in [7, 11) is 3.57. The molecule has 66 valence electrons. The summed E-state index contributed by atoms with van der Waals surface area (Å²) in [5.41, 5.74) is 1.06. The molecule has 0 nitrogen and oxygen atoms in total. The molecule has 12 heavy (non-hydrogen) atoms. The minimum absolute atomic E-state index is 0.144. The van der Waals surface area contributed by atoms with Crippen LogP contribution in [0.4, 0.5) is 4.39 Å². The van der Waals surface area contributed by atoms with Crippen LogP contribution in [0.3, 0.4) is 0 Å². The van der Waals surface area contributed by atoms with Crippen molar-refractivity contribution in [1.82, 2.24) is 0 Å². The molecule has 0 fully saturated rings. The van der Waals surface area contributed by atoms with Crippen molar-refractivity contribution >= 4 is 21.6 Å². The van der Waals surface area contributed by atoms with Crippen LogP contribution in [0.25, 0.3) is 0 Å². The van der Waals surface area contributed by atoms with E-state index in [1.165, 1.54) is 6.07 Å². The molecule has 0 amide bonds. The maximum Gasteiger partial charge on any atom is 0.123 e. The summed E-state index contributed by atoms with van der Waals surface area (Å²) in [5.74, 6) is 1.84. The number of hydrogen-bond donors (Lipinski definition) is 0. The highest BCUT2D eigenvalue weighted by Gasteiger charge is 1.94. The second-order valence-electron chi connectivity index (χ2n) is 2.30. The van der Waals surface area contributed by atoms with Gasteiger partial charge in [-0.15, -0.1) is 0 Å². The molecule has 1 aromatic carbocycles. The maximum atomic E-state index is 12.7. The molecular weight excluding hydrogens is 191 g/mol. The summed E-state index contributed by atoms with van der Waals surface area (Å²) < 4.78 is 12.7. The van der Waals surface area contributed by atoms with Gasteiger partial charge in [0.25, 0.3) is 0 Å². The Hall–Kier alpha value is -0.150. The van der Waals surface area contributed by atoms with Crippen molar-refractivity contribution in [2.45, 2.75) is 12.7 Å². The first kappa shape index (κ1) is 9.93. The third kappa shape index (κ3) is 3.50. The summed E-state index contributed by atoms with van der Waals surface area (Å²) >= 11 is 0. The van der Waals surface area contributed by atoms with Crippen molar-refractivity contribution in [3.05, 3.63) is 35.6 Å². The Morgan fingerprint density at radius 3 is 2.83 bits per heavy atom. The molecule has 0 bridgehead atoms. The van der Waals surface area contributed by atoms with Gasteiger partial charge in [0.15, 0.2) is 0 Å². The summed E-state index contributed by atoms with van der Waals surface area (Å²) in [4.78, 5) is 0. The quantitative estimate of drug-likeness (QED) is 0.539. The van der Waals surface area contributed by atoms with Gasteiger partial charge in [0, 0.05) is 11.5 Å². The smallest absolute Gasteiger partial charge is 0.123 e. The Morgan fingerprint density at radius 2 is 2.17 bits per heavy atom. The zero-order chi connectivity index (χ0) is 8.81. The van der Waals surface area contributed by atoms with Crippen LogP contribution in [0.5, 0.6) is 0 Å². The van der Waals surface area contributed by atoms with Crippen molar-refractivity contribution < 1.29 is 4.39 Å². The van der Waals surface area contributed by atoms with E-state index in [4.69, 9.17) is 0 Å². The number of rotatable bonds is 4. The predicted octanol–water partition coefficient (Wildman–Crippen LogP) is 3.73. The molecule has 0 saturated heterocycles. The van der Waals surface area contributed by atoms with E-state index in [2.05, 4.69) is 6.92 Å². The van der Waals surface area contributed by atoms with Crippen LogP contribution >= 0.6 is 21.6 Å². The van der Waals surface area contributed by atoms with E-state index >= 15 is 0 Å². The normalized spacial score (nSPS) is 10.2. The van der Waals surface area contributed by atoms with Crippen LogP contribution in [0.1, 0.15) is 12.5 Å². The second-order valence-corrected chi connectivity index (χ2v) is 5.05. The molecule has 0 unspecified atom stereocenters. The molecule has 1 aromatic rings. The van der Waals surface area contributed by atoms with Gasteiger partial charge in [-0.05, 0) is 17.7 Å². The number of hydrogen-bond acceptors (Lipinski definition) is 2. The summed E-state index contributed by atoms with van der Waals surface area (Å²) in [6.07, 6.45) is 0. The Kier molecular flexibility index (Phi) is 4.54. The molecule has 0 heterocycles. The highest BCUT2D eigenvalue weighted by Crippen LogP contribution is 2.25. The highest BCUT2D eigenvalue weighted by atomic mass is 33.1. The van der Waals surface area contributed by atoms with E-state index < -0.39 is 0 Å². The first-order valence-electron chi connectivity index (χ1n) is 3.82. The van der Waals surface area contributed by atoms with Gasteiger partial charge in [0.05, 0.1) is 0 Å². The van der Waals surface area contributed by atoms with Gasteiger partial charge < -0.3 is 0 Å². The van der Waals surface area contributed by atoms with E-state index in [1.54, 1.807) is 33.7 Å². The Balaban J connectivity index is 2.41. The fourth-order valence-corrected chi connectivity index (χ4v) is 2.54. The lowest BCUT2D eigenvalue weighted by molar-refractivity contribution is 0.626. The molecule has 0 aliphatic rings. The predicted molar refractivity (Wildman–Crippen MR) is 55.8 cm³/mol. The zero-order valence-electron chi connectivity index (χ0n) is 6.92. The topological polar surface area (TPSA) is 0 Å². The van der Waals surface area contributed by atoms with Crippen molar-refractivity contribution in [1.29, 1.82) is 0 Å². The standard InChI is InChI=1S/C9H11FS2/c1-2-11-12-7-8-4-3-5-9(10)6-8/h3-6H,2,7H2,1H3. The largest absolute Gasteiger partial charge is 0.207 e. The van der Waals surface area contributed by atoms with Crippen molar-refractivity contribution in [2.24, 2.45) is 0 Å². The zero-order valence-corrected chi connectivity index (χ0v) is 8.55. The Bertz CT molecular complexity index is 238. The molecule has 0 saturated carbocycles. The fourth-order valence-electron chi connectivity index (χ4n) is 0.820. The van der Waals surface area contributed by atoms with E-state index in [9.17, 15) is 4.39 Å². The third-order valence-electron chi connectivity index (χ3n) is 1.32. The van der Waals surface area contributed by atoms with Crippen LogP contribution in [0.15, 0.2) is 24.3 Å². The van der Waals surface area contributed by atoms with Crippen molar-refractivity contribution in [2.75, 3.05) is 5.75 Å². The van der Waals surface area contributed by atoms with E-state index in [-0.39, 0.29) is 5.82 Å². The monoisotopic (exact) mass is 202 g/mol. The van der Waals surface area contributed by atoms with Crippen LogP contribution in [-0.2, 0) is 5.75 Å². The van der Waals surface area contributed by atoms with Gasteiger partial charge in [-0.25, -0.2) is 4.39 Å². The second kappa shape index (κ2) is 5.49. The highest BCUT2D eigenvalue weighted by molar-refractivity contribution is 8.76. The van der Waals surface area contributed by atoms with Crippen molar-refractivity contribution in [3.63, 3.8) is 0 Å². The average molecular weight is 202 g/mol. The van der Waals surface area contributed by atoms with Crippen LogP contribution in [0.2, 0.25) is 0 Å². The molecule has 0 N–H and O–H groups in total. The molecule has 0 radical (unpaired) electrons. The molecule has 0 aromatic heterocycles. The summed E-state index contributed by atoms with van der Waals surface area (Å²) in [5, 5.41) is 0. The average Bonchev–Trinajstić information content (AvgIpc) is 2.05. The van der Waals surface area contributed by atoms with Crippen LogP contribution < -0.4 is 0 Å². The van der Waals surface area contributed by atoms with Gasteiger partial charge in [0.2, 0.25) is 0 Å². The Morgan fingerprint density at radius 1 is 1.33 bits per heavy atom. The number of halogens is 1. The van der Waals surface area contributed by atoms with Crippen LogP contribution in [0, 0.1) is 5.82 Å². The van der Waals surface area contributed by atoms with E-state index in [1.807, 2.05) is 6.07 Å². The fraction of sp³-hybridized carbons (Fsp3) is 0.333. The Labute approximate surface area is 80.3 Å². The summed E-state index contributed by atoms with van der Waals surface area (Å²) in [6, 6.07) is 6.76. The molecule has 0 aliphatic heterocycles. The molecule has 0 spiro atoms. The molecule has 0 atom stereocenters. The lowest BCUT2D eigenvalue weighted by Crippen LogP contribution is -1.80. The molecular formula is C9H11FS2.